The molecule has 0 bridgehead atoms. The molecule has 3 rings (SSSR count). The molecule has 0 unspecified atom stereocenters. The summed E-state index contributed by atoms with van der Waals surface area (Å²) < 4.78 is 8.91. The van der Waals surface area contributed by atoms with Crippen molar-refractivity contribution in [1.82, 2.24) is 19.6 Å². The van der Waals surface area contributed by atoms with E-state index in [1.807, 2.05) is 7.05 Å². The molecule has 0 aliphatic rings. The maximum Gasteiger partial charge on any atom is 0.338 e. The van der Waals surface area contributed by atoms with Gasteiger partial charge in [0.15, 0.2) is 4.60 Å². The molecule has 0 amide bonds. The summed E-state index contributed by atoms with van der Waals surface area (Å²) in [6.45, 7) is 2.08. The van der Waals surface area contributed by atoms with Crippen LogP contribution in [0.4, 0.5) is 11.4 Å². The van der Waals surface area contributed by atoms with E-state index in [4.69, 9.17) is 27.8 Å². The molecule has 3 aromatic rings. The second-order valence-corrected chi connectivity index (χ2v) is 6.73. The van der Waals surface area contributed by atoms with E-state index in [0.29, 0.717) is 44.4 Å². The van der Waals surface area contributed by atoms with Crippen molar-refractivity contribution in [3.05, 3.63) is 45.8 Å². The van der Waals surface area contributed by atoms with E-state index in [9.17, 15) is 4.79 Å². The number of rotatable bonds is 3. The Morgan fingerprint density at radius 2 is 1.79 bits per heavy atom. The number of anilines is 2. The summed E-state index contributed by atoms with van der Waals surface area (Å²) in [7, 11) is 3.59. The van der Waals surface area contributed by atoms with Crippen LogP contribution in [0.5, 0.6) is 0 Å². The number of carbonyl (C=O) groups is 1. The molecule has 0 saturated carbocycles. The van der Waals surface area contributed by atoms with Crippen LogP contribution in [0.15, 0.2) is 35.2 Å². The number of hydrogen-bond acceptors (Lipinski definition) is 6. The molecule has 152 valence electrons. The van der Waals surface area contributed by atoms with Crippen LogP contribution in [0.2, 0.25) is 5.02 Å². The number of carbonyl (C=O) groups excluding carboxylic acids is 1. The first kappa shape index (κ1) is 23.5. The predicted octanol–water partition coefficient (Wildman–Crippen LogP) is 3.90. The van der Waals surface area contributed by atoms with Gasteiger partial charge in [0, 0.05) is 32.1 Å². The highest BCUT2D eigenvalue weighted by atomic mass is 79.9. The second kappa shape index (κ2) is 10.1. The van der Waals surface area contributed by atoms with E-state index in [1.165, 1.54) is 0 Å². The smallest absolute Gasteiger partial charge is 0.338 e. The lowest BCUT2D eigenvalue weighted by Crippen LogP contribution is -2.04. The summed E-state index contributed by atoms with van der Waals surface area (Å²) in [6.07, 6.45) is 3.42. The Bertz CT molecular complexity index is 934. The van der Waals surface area contributed by atoms with Gasteiger partial charge >= 0.3 is 5.97 Å². The third kappa shape index (κ3) is 5.74. The number of nitrogens with zero attached hydrogens (tertiary/aromatic N) is 4. The number of benzene rings is 1. The van der Waals surface area contributed by atoms with Crippen LogP contribution in [0, 0.1) is 0 Å². The number of halogens is 2. The van der Waals surface area contributed by atoms with E-state index < -0.39 is 5.97 Å². The van der Waals surface area contributed by atoms with Crippen molar-refractivity contribution in [2.75, 3.05) is 18.1 Å². The van der Waals surface area contributed by atoms with Crippen LogP contribution in [0.1, 0.15) is 24.7 Å². The van der Waals surface area contributed by atoms with Gasteiger partial charge in [-0.05, 0) is 41.1 Å². The summed E-state index contributed by atoms with van der Waals surface area (Å²) in [5, 5.41) is 8.65. The van der Waals surface area contributed by atoms with Crippen molar-refractivity contribution in [1.29, 1.82) is 0 Å². The number of hydrogen-bond donors (Lipinski definition) is 2. The summed E-state index contributed by atoms with van der Waals surface area (Å²) in [6, 6.07) is 4.89. The van der Waals surface area contributed by atoms with Crippen LogP contribution in [-0.2, 0) is 18.8 Å². The third-order valence-electron chi connectivity index (χ3n) is 3.40. The normalized spacial score (nSPS) is 9.89. The van der Waals surface area contributed by atoms with Gasteiger partial charge in [0.2, 0.25) is 0 Å². The molecule has 2 aromatic heterocycles. The van der Waals surface area contributed by atoms with Crippen molar-refractivity contribution in [3.63, 3.8) is 0 Å². The number of esters is 1. The maximum absolute atomic E-state index is 11.7. The van der Waals surface area contributed by atoms with Gasteiger partial charge in [-0.25, -0.2) is 4.79 Å². The van der Waals surface area contributed by atoms with Crippen LogP contribution in [0.3, 0.4) is 0 Å². The van der Waals surface area contributed by atoms with Crippen molar-refractivity contribution < 1.29 is 9.53 Å². The highest BCUT2D eigenvalue weighted by Crippen LogP contribution is 2.31. The number of nitrogens with two attached hydrogens (primary N) is 2. The molecule has 10 heteroatoms. The number of aromatic nitrogens is 4. The molecule has 1 aromatic carbocycles. The van der Waals surface area contributed by atoms with Gasteiger partial charge in [-0.1, -0.05) is 19.0 Å². The molecule has 0 atom stereocenters. The minimum atomic E-state index is -0.394. The van der Waals surface area contributed by atoms with Crippen LogP contribution in [-0.4, -0.2) is 32.1 Å². The average Bonchev–Trinajstić information content (AvgIpc) is 3.08. The van der Waals surface area contributed by atoms with E-state index in [0.717, 1.165) is 0 Å². The van der Waals surface area contributed by atoms with Crippen LogP contribution >= 0.6 is 27.5 Å². The van der Waals surface area contributed by atoms with Crippen molar-refractivity contribution in [3.8, 4) is 11.3 Å². The summed E-state index contributed by atoms with van der Waals surface area (Å²) in [4.78, 5) is 11.7. The molecule has 0 aliphatic heterocycles. The fourth-order valence-corrected chi connectivity index (χ4v) is 2.80. The molecular formula is C18H24BrClN6O2. The Morgan fingerprint density at radius 3 is 2.21 bits per heavy atom. The van der Waals surface area contributed by atoms with E-state index in [-0.39, 0.29) is 7.43 Å². The van der Waals surface area contributed by atoms with E-state index >= 15 is 0 Å². The topological polar surface area (TPSA) is 114 Å². The SMILES string of the molecule is C.CCOC(=O)c1ccc(Cl)c(-c2nn(C)cc2N)c1.Cn1cc(N)c(Br)n1. The minimum absolute atomic E-state index is 0. The Hall–Kier alpha value is -2.52. The van der Waals surface area contributed by atoms with Crippen LogP contribution < -0.4 is 11.5 Å². The zero-order valence-corrected chi connectivity index (χ0v) is 17.5. The van der Waals surface area contributed by atoms with Gasteiger partial charge in [0.05, 0.1) is 28.6 Å². The predicted molar refractivity (Wildman–Crippen MR) is 116 cm³/mol. The van der Waals surface area contributed by atoms with Gasteiger partial charge in [-0.2, -0.15) is 10.2 Å². The number of ether oxygens (including phenoxy) is 1. The van der Waals surface area contributed by atoms with Crippen LogP contribution in [0.25, 0.3) is 11.3 Å². The van der Waals surface area contributed by atoms with Gasteiger partial charge in [-0.3, -0.25) is 9.36 Å². The Labute approximate surface area is 177 Å². The molecule has 2 heterocycles. The Kier molecular flexibility index (Phi) is 8.52. The number of aryl methyl sites for hydroxylation is 2. The van der Waals surface area contributed by atoms with E-state index in [1.54, 1.807) is 53.9 Å². The maximum atomic E-state index is 11.7. The molecular weight excluding hydrogens is 448 g/mol. The quantitative estimate of drug-likeness (QED) is 0.560. The standard InChI is InChI=1S/C13H14ClN3O2.C4H6BrN3.CH4/c1-3-19-13(18)8-4-5-10(14)9(6-8)12-11(15)7-17(2)16-12;1-8-2-3(6)4(5)7-8;/h4-7H,3,15H2,1-2H3;2H,6H2,1H3;1H4. The second-order valence-electron chi connectivity index (χ2n) is 5.57. The van der Waals surface area contributed by atoms with Gasteiger partial charge in [-0.15, -0.1) is 0 Å². The Morgan fingerprint density at radius 1 is 1.18 bits per heavy atom. The van der Waals surface area contributed by atoms with Gasteiger partial charge in [0.1, 0.15) is 5.69 Å². The molecule has 0 aliphatic carbocycles. The first-order valence-electron chi connectivity index (χ1n) is 7.93. The van der Waals surface area contributed by atoms with Gasteiger partial charge in [0.25, 0.3) is 0 Å². The lowest BCUT2D eigenvalue weighted by atomic mass is 10.1. The molecule has 4 N–H and O–H groups in total. The first-order chi connectivity index (χ1) is 12.7. The fourth-order valence-electron chi connectivity index (χ4n) is 2.24. The average molecular weight is 472 g/mol. The molecule has 0 saturated heterocycles. The van der Waals surface area contributed by atoms with Gasteiger partial charge < -0.3 is 16.2 Å². The monoisotopic (exact) mass is 470 g/mol. The molecule has 28 heavy (non-hydrogen) atoms. The van der Waals surface area contributed by atoms with E-state index in [2.05, 4.69) is 26.1 Å². The minimum Gasteiger partial charge on any atom is -0.462 e. The fraction of sp³-hybridized carbons (Fsp3) is 0.278. The lowest BCUT2D eigenvalue weighted by molar-refractivity contribution is 0.0526. The lowest BCUT2D eigenvalue weighted by Gasteiger charge is -2.06. The zero-order valence-electron chi connectivity index (χ0n) is 15.1. The number of nitrogen functional groups attached to an aromatic ring is 2. The highest BCUT2D eigenvalue weighted by molar-refractivity contribution is 9.10. The summed E-state index contributed by atoms with van der Waals surface area (Å²) in [5.74, 6) is -0.394. The largest absolute Gasteiger partial charge is 0.462 e. The first-order valence-corrected chi connectivity index (χ1v) is 9.10. The molecule has 0 spiro atoms. The van der Waals surface area contributed by atoms with Crippen molar-refractivity contribution in [2.24, 2.45) is 14.1 Å². The van der Waals surface area contributed by atoms with Crippen molar-refractivity contribution in [2.45, 2.75) is 14.4 Å². The molecule has 0 fully saturated rings. The molecule has 0 radical (unpaired) electrons. The Balaban J connectivity index is 0.000000367. The summed E-state index contributed by atoms with van der Waals surface area (Å²) >= 11 is 9.30. The van der Waals surface area contributed by atoms with Crippen molar-refractivity contribution >= 4 is 44.9 Å². The molecule has 8 nitrogen and oxygen atoms in total. The zero-order chi connectivity index (χ0) is 20.1. The highest BCUT2D eigenvalue weighted by Gasteiger charge is 2.15. The summed E-state index contributed by atoms with van der Waals surface area (Å²) in [5.41, 5.74) is 14.1. The third-order valence-corrected chi connectivity index (χ3v) is 4.35.